The minimum absolute atomic E-state index is 0.00113. The van der Waals surface area contributed by atoms with Gasteiger partial charge >= 0.3 is 17.9 Å². The highest BCUT2D eigenvalue weighted by Gasteiger charge is 2.70. The predicted octanol–water partition coefficient (Wildman–Crippen LogP) is 3.06. The number of hydrogen-bond donors (Lipinski definition) is 3. The lowest BCUT2D eigenvalue weighted by Crippen LogP contribution is -2.68. The molecule has 0 spiro atoms. The van der Waals surface area contributed by atoms with Gasteiger partial charge in [0.2, 0.25) is 0 Å². The molecular formula is C30H50O10. The molecule has 1 saturated carbocycles. The van der Waals surface area contributed by atoms with Crippen LogP contribution in [0.15, 0.2) is 0 Å². The van der Waals surface area contributed by atoms with E-state index in [1.165, 1.54) is 13.8 Å². The zero-order chi connectivity index (χ0) is 30.2. The second-order valence-corrected chi connectivity index (χ2v) is 13.1. The van der Waals surface area contributed by atoms with Gasteiger partial charge in [-0.05, 0) is 52.4 Å². The minimum atomic E-state index is -1.74. The highest BCUT2D eigenvalue weighted by molar-refractivity contribution is 5.70. The summed E-state index contributed by atoms with van der Waals surface area (Å²) in [5.41, 5.74) is -4.51. The average molecular weight is 571 g/mol. The molecule has 10 nitrogen and oxygen atoms in total. The summed E-state index contributed by atoms with van der Waals surface area (Å²) in [5, 5.41) is 34.5. The van der Waals surface area contributed by atoms with Crippen molar-refractivity contribution in [3.8, 4) is 0 Å². The molecule has 0 aromatic rings. The number of rotatable bonds is 8. The van der Waals surface area contributed by atoms with Gasteiger partial charge < -0.3 is 34.3 Å². The van der Waals surface area contributed by atoms with Crippen LogP contribution in [0.25, 0.3) is 0 Å². The normalized spacial score (nSPS) is 43.2. The van der Waals surface area contributed by atoms with Crippen molar-refractivity contribution in [2.45, 2.75) is 148 Å². The predicted molar refractivity (Wildman–Crippen MR) is 145 cm³/mol. The summed E-state index contributed by atoms with van der Waals surface area (Å²) in [4.78, 5) is 38.0. The van der Waals surface area contributed by atoms with E-state index in [4.69, 9.17) is 18.9 Å². The Kier molecular flexibility index (Phi) is 10.0. The molecule has 0 radical (unpaired) electrons. The SMILES string of the molecule is CCCC(=O)O[C@H]1[C@H](C(C)C)[C@@H]2[C@@H]([C@H]3C[C@](C)(O)[C@@H](O)CC[C@@](C)(OC(=O)CCC)[C@@H]2O3)[C@](C)(O)[C@@H]1OC(C)=O. The lowest BCUT2D eigenvalue weighted by Gasteiger charge is -2.55. The molecule has 1 aliphatic carbocycles. The van der Waals surface area contributed by atoms with Crippen molar-refractivity contribution in [1.82, 2.24) is 0 Å². The van der Waals surface area contributed by atoms with E-state index >= 15 is 0 Å². The number of esters is 3. The fourth-order valence-corrected chi connectivity index (χ4v) is 7.46. The molecule has 2 aliphatic heterocycles. The van der Waals surface area contributed by atoms with Crippen LogP contribution in [0.5, 0.6) is 0 Å². The van der Waals surface area contributed by atoms with Gasteiger partial charge in [-0.3, -0.25) is 14.4 Å². The molecule has 0 aromatic carbocycles. The zero-order valence-electron chi connectivity index (χ0n) is 25.3. The Morgan fingerprint density at radius 2 is 1.60 bits per heavy atom. The second kappa shape index (κ2) is 12.2. The number of carbonyl (C=O) groups is 3. The molecule has 0 unspecified atom stereocenters. The summed E-state index contributed by atoms with van der Waals surface area (Å²) in [6.07, 6.45) is -2.91. The van der Waals surface area contributed by atoms with Crippen LogP contribution in [0.4, 0.5) is 0 Å². The fourth-order valence-electron chi connectivity index (χ4n) is 7.46. The molecule has 40 heavy (non-hydrogen) atoms. The van der Waals surface area contributed by atoms with Crippen molar-refractivity contribution in [2.24, 2.45) is 23.7 Å². The Balaban J connectivity index is 2.23. The fraction of sp³-hybridized carbons (Fsp3) is 0.900. The Morgan fingerprint density at radius 3 is 2.15 bits per heavy atom. The highest BCUT2D eigenvalue weighted by Crippen LogP contribution is 2.58. The first-order valence-electron chi connectivity index (χ1n) is 14.9. The molecule has 230 valence electrons. The first-order chi connectivity index (χ1) is 18.5. The van der Waals surface area contributed by atoms with Crippen LogP contribution >= 0.6 is 0 Å². The smallest absolute Gasteiger partial charge is 0.306 e. The van der Waals surface area contributed by atoms with E-state index in [0.717, 1.165) is 0 Å². The molecular weight excluding hydrogens is 520 g/mol. The second-order valence-electron chi connectivity index (χ2n) is 13.1. The molecule has 10 heteroatoms. The van der Waals surface area contributed by atoms with E-state index in [2.05, 4.69) is 0 Å². The van der Waals surface area contributed by atoms with Crippen molar-refractivity contribution in [3.05, 3.63) is 0 Å². The topological polar surface area (TPSA) is 149 Å². The summed E-state index contributed by atoms with van der Waals surface area (Å²) in [6, 6.07) is 0. The summed E-state index contributed by atoms with van der Waals surface area (Å²) in [6.45, 7) is 13.8. The molecule has 2 heterocycles. The quantitative estimate of drug-likeness (QED) is 0.294. The van der Waals surface area contributed by atoms with Crippen molar-refractivity contribution in [1.29, 1.82) is 0 Å². The van der Waals surface area contributed by atoms with Gasteiger partial charge in [-0.1, -0.05) is 27.7 Å². The van der Waals surface area contributed by atoms with E-state index in [1.54, 1.807) is 13.8 Å². The largest absolute Gasteiger partial charge is 0.458 e. The highest BCUT2D eigenvalue weighted by atomic mass is 16.6. The molecule has 3 fully saturated rings. The number of fused-ring (bicyclic) bond motifs is 5. The van der Waals surface area contributed by atoms with Gasteiger partial charge in [-0.15, -0.1) is 0 Å². The number of hydrogen-bond acceptors (Lipinski definition) is 10. The van der Waals surface area contributed by atoms with Gasteiger partial charge in [0.1, 0.15) is 23.4 Å². The van der Waals surface area contributed by atoms with Crippen molar-refractivity contribution >= 4 is 17.9 Å². The first-order valence-corrected chi connectivity index (χ1v) is 14.9. The van der Waals surface area contributed by atoms with Gasteiger partial charge in [0.15, 0.2) is 6.10 Å². The average Bonchev–Trinajstić information content (AvgIpc) is 3.20. The number of ether oxygens (including phenoxy) is 4. The number of aliphatic hydroxyl groups excluding tert-OH is 1. The van der Waals surface area contributed by atoms with Crippen molar-refractivity contribution < 1.29 is 48.7 Å². The summed E-state index contributed by atoms with van der Waals surface area (Å²) < 4.78 is 24.5. The first kappa shape index (κ1) is 32.8. The van der Waals surface area contributed by atoms with Crippen molar-refractivity contribution in [2.75, 3.05) is 0 Å². The van der Waals surface area contributed by atoms with E-state index < -0.39 is 83.0 Å². The Hall–Kier alpha value is -1.75. The molecule has 3 N–H and O–H groups in total. The third-order valence-electron chi connectivity index (χ3n) is 9.29. The maximum atomic E-state index is 12.9. The van der Waals surface area contributed by atoms with Gasteiger partial charge in [0.25, 0.3) is 0 Å². The molecule has 2 saturated heterocycles. The Morgan fingerprint density at radius 1 is 1.00 bits per heavy atom. The Labute approximate surface area is 238 Å². The Bertz CT molecular complexity index is 929. The maximum absolute atomic E-state index is 12.9. The maximum Gasteiger partial charge on any atom is 0.306 e. The lowest BCUT2D eigenvalue weighted by molar-refractivity contribution is -0.243. The third-order valence-corrected chi connectivity index (χ3v) is 9.29. The lowest BCUT2D eigenvalue weighted by atomic mass is 9.55. The monoisotopic (exact) mass is 570 g/mol. The van der Waals surface area contributed by atoms with E-state index in [0.29, 0.717) is 12.8 Å². The molecule has 3 rings (SSSR count). The van der Waals surface area contributed by atoms with Gasteiger partial charge in [-0.2, -0.15) is 0 Å². The van der Waals surface area contributed by atoms with E-state index in [9.17, 15) is 29.7 Å². The van der Waals surface area contributed by atoms with Crippen LogP contribution in [0.1, 0.15) is 100 Å². The zero-order valence-corrected chi connectivity index (χ0v) is 25.3. The van der Waals surface area contributed by atoms with Crippen LogP contribution in [0.3, 0.4) is 0 Å². The van der Waals surface area contributed by atoms with Crippen LogP contribution < -0.4 is 0 Å². The summed E-state index contributed by atoms with van der Waals surface area (Å²) in [5.74, 6) is -3.23. The van der Waals surface area contributed by atoms with Crippen LogP contribution in [0, 0.1) is 23.7 Å². The molecule has 2 bridgehead atoms. The molecule has 3 aliphatic rings. The molecule has 0 amide bonds. The summed E-state index contributed by atoms with van der Waals surface area (Å²) >= 11 is 0. The molecule has 11 atom stereocenters. The standard InChI is InChI=1S/C30H50O10/c1-9-11-20(33)39-25-22(16(3)4)23-24(30(8,36)27(25)37-17(5)31)18-15-28(6,35)19(32)13-14-29(7,26(23)38-18)40-21(34)12-10-2/h16,18-19,22-27,32,35-36H,9-15H2,1-8H3/t18-,19+,22-,23-,24-,25+,26-,27-,28+,29-,30+/m1/s1. The van der Waals surface area contributed by atoms with Crippen LogP contribution in [-0.2, 0) is 33.3 Å². The number of carbonyl (C=O) groups excluding carboxylic acids is 3. The van der Waals surface area contributed by atoms with Crippen LogP contribution in [0.2, 0.25) is 0 Å². The molecule has 0 aromatic heterocycles. The van der Waals surface area contributed by atoms with E-state index in [1.807, 2.05) is 27.7 Å². The third kappa shape index (κ3) is 6.35. The van der Waals surface area contributed by atoms with E-state index in [-0.39, 0.29) is 38.0 Å². The van der Waals surface area contributed by atoms with Crippen molar-refractivity contribution in [3.63, 3.8) is 0 Å². The van der Waals surface area contributed by atoms with Crippen LogP contribution in [-0.4, -0.2) is 80.6 Å². The summed E-state index contributed by atoms with van der Waals surface area (Å²) in [7, 11) is 0. The number of aliphatic hydroxyl groups is 3. The minimum Gasteiger partial charge on any atom is -0.458 e. The van der Waals surface area contributed by atoms with Gasteiger partial charge in [0.05, 0.1) is 17.8 Å². The van der Waals surface area contributed by atoms with Gasteiger partial charge in [-0.25, -0.2) is 0 Å². The van der Waals surface area contributed by atoms with Gasteiger partial charge in [0, 0.05) is 43.9 Å².